The number of carbonyl (C=O) groups is 3. The quantitative estimate of drug-likeness (QED) is 0.537. The summed E-state index contributed by atoms with van der Waals surface area (Å²) in [7, 11) is 0. The molecule has 0 aromatic heterocycles. The molecule has 0 saturated heterocycles. The molecule has 0 aromatic carbocycles. The number of hydrogen-bond donors (Lipinski definition) is 3. The van der Waals surface area contributed by atoms with E-state index in [1.54, 1.807) is 0 Å². The predicted molar refractivity (Wildman–Crippen MR) is 112 cm³/mol. The van der Waals surface area contributed by atoms with Crippen LogP contribution in [0.5, 0.6) is 0 Å². The van der Waals surface area contributed by atoms with Crippen LogP contribution in [0.3, 0.4) is 0 Å². The zero-order valence-corrected chi connectivity index (χ0v) is 18.6. The fourth-order valence-electron chi connectivity index (χ4n) is 7.90. The Hall–Kier alpha value is -1.59. The van der Waals surface area contributed by atoms with E-state index in [0.29, 0.717) is 12.3 Å². The molecule has 0 aliphatic heterocycles. The molecule has 3 N–H and O–H groups in total. The SMILES string of the molecule is C[C@H](CCC(=O)O)[C@@H]1CC[C@H]([C@@H]2CC[C@@H]3CCCC[C@]3(C)[C@H]2C(=O)O)[C@]1(C)C(=O)O. The average molecular weight is 423 g/mol. The largest absolute Gasteiger partial charge is 0.481 e. The molecule has 0 unspecified atom stereocenters. The Bertz CT molecular complexity index is 689. The van der Waals surface area contributed by atoms with Gasteiger partial charge in [0, 0.05) is 6.42 Å². The minimum Gasteiger partial charge on any atom is -0.481 e. The van der Waals surface area contributed by atoms with Crippen molar-refractivity contribution in [1.29, 1.82) is 0 Å². The molecule has 3 rings (SSSR count). The molecule has 0 amide bonds. The molecule has 0 heterocycles. The molecule has 3 saturated carbocycles. The molecule has 0 spiro atoms. The van der Waals surface area contributed by atoms with Gasteiger partial charge in [0.25, 0.3) is 0 Å². The van der Waals surface area contributed by atoms with Crippen molar-refractivity contribution in [2.45, 2.75) is 85.0 Å². The first-order chi connectivity index (χ1) is 14.0. The van der Waals surface area contributed by atoms with Gasteiger partial charge in [-0.15, -0.1) is 0 Å². The van der Waals surface area contributed by atoms with Crippen molar-refractivity contribution in [2.24, 2.45) is 46.3 Å². The summed E-state index contributed by atoms with van der Waals surface area (Å²) in [4.78, 5) is 36.2. The number of hydrogen-bond acceptors (Lipinski definition) is 3. The first-order valence-electron chi connectivity index (χ1n) is 11.7. The Morgan fingerprint density at radius 3 is 2.27 bits per heavy atom. The summed E-state index contributed by atoms with van der Waals surface area (Å²) in [5, 5.41) is 29.7. The van der Waals surface area contributed by atoms with E-state index in [4.69, 9.17) is 5.11 Å². The van der Waals surface area contributed by atoms with Gasteiger partial charge in [0.05, 0.1) is 11.3 Å². The van der Waals surface area contributed by atoms with E-state index < -0.39 is 29.2 Å². The molecule has 30 heavy (non-hydrogen) atoms. The lowest BCUT2D eigenvalue weighted by Gasteiger charge is -2.54. The van der Waals surface area contributed by atoms with Crippen molar-refractivity contribution >= 4 is 17.9 Å². The third-order valence-electron chi connectivity index (χ3n) is 9.51. The van der Waals surface area contributed by atoms with Gasteiger partial charge in [0.1, 0.15) is 0 Å². The lowest BCUT2D eigenvalue weighted by Crippen LogP contribution is -2.53. The molecule has 0 radical (unpaired) electrons. The van der Waals surface area contributed by atoms with Crippen molar-refractivity contribution < 1.29 is 29.7 Å². The summed E-state index contributed by atoms with van der Waals surface area (Å²) >= 11 is 0. The van der Waals surface area contributed by atoms with Gasteiger partial charge in [0.2, 0.25) is 0 Å². The van der Waals surface area contributed by atoms with E-state index >= 15 is 0 Å². The van der Waals surface area contributed by atoms with Gasteiger partial charge in [-0.05, 0) is 86.9 Å². The lowest BCUT2D eigenvalue weighted by atomic mass is 9.49. The van der Waals surface area contributed by atoms with Gasteiger partial charge >= 0.3 is 17.9 Å². The molecule has 0 bridgehead atoms. The monoisotopic (exact) mass is 422 g/mol. The van der Waals surface area contributed by atoms with E-state index in [0.717, 1.165) is 51.4 Å². The summed E-state index contributed by atoms with van der Waals surface area (Å²) in [5.41, 5.74) is -1.26. The van der Waals surface area contributed by atoms with E-state index in [1.807, 2.05) is 13.8 Å². The second-order valence-electron chi connectivity index (χ2n) is 10.8. The second-order valence-corrected chi connectivity index (χ2v) is 10.8. The first kappa shape index (κ1) is 23.1. The highest BCUT2D eigenvalue weighted by Crippen LogP contribution is 2.63. The third-order valence-corrected chi connectivity index (χ3v) is 9.51. The van der Waals surface area contributed by atoms with E-state index in [1.165, 1.54) is 0 Å². The normalized spacial score (nSPS) is 42.3. The maximum absolute atomic E-state index is 12.6. The van der Waals surface area contributed by atoms with Gasteiger partial charge in [-0.1, -0.05) is 26.7 Å². The average Bonchev–Trinajstić information content (AvgIpc) is 3.02. The Labute approximate surface area is 179 Å². The smallest absolute Gasteiger partial charge is 0.309 e. The first-order valence-corrected chi connectivity index (χ1v) is 11.7. The number of rotatable bonds is 7. The van der Waals surface area contributed by atoms with Gasteiger partial charge in [-0.2, -0.15) is 0 Å². The van der Waals surface area contributed by atoms with Crippen LogP contribution in [0.1, 0.15) is 85.0 Å². The number of carboxylic acids is 3. The Kier molecular flexibility index (Phi) is 6.54. The Balaban J connectivity index is 1.92. The van der Waals surface area contributed by atoms with Crippen LogP contribution in [0.25, 0.3) is 0 Å². The molecule has 8 atom stereocenters. The van der Waals surface area contributed by atoms with Gasteiger partial charge in [-0.25, -0.2) is 0 Å². The zero-order chi connectivity index (χ0) is 22.3. The van der Waals surface area contributed by atoms with E-state index in [2.05, 4.69) is 6.92 Å². The minimum absolute atomic E-state index is 0.0166. The summed E-state index contributed by atoms with van der Waals surface area (Å²) in [6.07, 6.45) is 7.97. The van der Waals surface area contributed by atoms with Crippen LogP contribution < -0.4 is 0 Å². The fraction of sp³-hybridized carbons (Fsp3) is 0.875. The number of carboxylic acid groups (broad SMARTS) is 3. The van der Waals surface area contributed by atoms with Crippen molar-refractivity contribution in [3.63, 3.8) is 0 Å². The van der Waals surface area contributed by atoms with Crippen LogP contribution >= 0.6 is 0 Å². The van der Waals surface area contributed by atoms with Crippen LogP contribution in [0.15, 0.2) is 0 Å². The molecule has 170 valence electrons. The van der Waals surface area contributed by atoms with E-state index in [-0.39, 0.29) is 35.5 Å². The van der Waals surface area contributed by atoms with E-state index in [9.17, 15) is 24.6 Å². The van der Waals surface area contributed by atoms with Crippen molar-refractivity contribution in [1.82, 2.24) is 0 Å². The molecule has 6 heteroatoms. The molecule has 3 aliphatic rings. The summed E-state index contributed by atoms with van der Waals surface area (Å²) < 4.78 is 0. The maximum Gasteiger partial charge on any atom is 0.309 e. The number of fused-ring (bicyclic) bond motifs is 1. The summed E-state index contributed by atoms with van der Waals surface area (Å²) in [6.45, 7) is 5.91. The topological polar surface area (TPSA) is 112 Å². The standard InChI is InChI=1S/C24H38O6/c1-14(7-12-19(25)26)17-10-11-18(24(17,3)22(29)30)16-9-8-15-6-4-5-13-23(15,2)20(16)21(27)28/h14-18,20H,4-13H2,1-3H3,(H,25,26)(H,27,28)(H,29,30)/t14-,15+,16+,17+,18-,20-,23+,24-/m1/s1. The third kappa shape index (κ3) is 3.75. The van der Waals surface area contributed by atoms with Crippen LogP contribution in [-0.2, 0) is 14.4 Å². The van der Waals surface area contributed by atoms with Gasteiger partial charge in [0.15, 0.2) is 0 Å². The zero-order valence-electron chi connectivity index (χ0n) is 18.6. The van der Waals surface area contributed by atoms with Crippen LogP contribution in [0.4, 0.5) is 0 Å². The van der Waals surface area contributed by atoms with Crippen LogP contribution in [-0.4, -0.2) is 33.2 Å². The molecule has 6 nitrogen and oxygen atoms in total. The fourth-order valence-corrected chi connectivity index (χ4v) is 7.90. The molecule has 0 aromatic rings. The van der Waals surface area contributed by atoms with Crippen LogP contribution in [0, 0.1) is 46.3 Å². The molecule has 3 fully saturated rings. The predicted octanol–water partition coefficient (Wildman–Crippen LogP) is 4.91. The second kappa shape index (κ2) is 8.51. The Morgan fingerprint density at radius 2 is 1.67 bits per heavy atom. The summed E-state index contributed by atoms with van der Waals surface area (Å²) in [6, 6.07) is 0. The lowest BCUT2D eigenvalue weighted by molar-refractivity contribution is -0.170. The number of aliphatic carboxylic acids is 3. The Morgan fingerprint density at radius 1 is 0.967 bits per heavy atom. The molecular formula is C24H38O6. The molecule has 3 aliphatic carbocycles. The minimum atomic E-state index is -1.01. The van der Waals surface area contributed by atoms with Crippen LogP contribution in [0.2, 0.25) is 0 Å². The van der Waals surface area contributed by atoms with Gasteiger partial charge in [-0.3, -0.25) is 14.4 Å². The summed E-state index contributed by atoms with van der Waals surface area (Å²) in [5.74, 6) is -2.97. The molecular weight excluding hydrogens is 384 g/mol. The van der Waals surface area contributed by atoms with Gasteiger partial charge < -0.3 is 15.3 Å². The highest BCUT2D eigenvalue weighted by molar-refractivity contribution is 5.76. The highest BCUT2D eigenvalue weighted by Gasteiger charge is 2.61. The highest BCUT2D eigenvalue weighted by atomic mass is 16.4. The maximum atomic E-state index is 12.6. The van der Waals surface area contributed by atoms with Crippen molar-refractivity contribution in [2.75, 3.05) is 0 Å². The van der Waals surface area contributed by atoms with Crippen molar-refractivity contribution in [3.05, 3.63) is 0 Å². The van der Waals surface area contributed by atoms with Crippen molar-refractivity contribution in [3.8, 4) is 0 Å².